The predicted molar refractivity (Wildman–Crippen MR) is 96.2 cm³/mol. The molecule has 3 aliphatic heterocycles. The second-order valence-corrected chi connectivity index (χ2v) is 8.85. The maximum Gasteiger partial charge on any atom is 0.122 e. The summed E-state index contributed by atoms with van der Waals surface area (Å²) >= 11 is 5.92. The van der Waals surface area contributed by atoms with E-state index in [2.05, 4.69) is 39.9 Å². The van der Waals surface area contributed by atoms with Crippen molar-refractivity contribution in [2.75, 3.05) is 6.54 Å². The SMILES string of the molecule is CC(C)N1CCC2CC3(C(C)C)[B]C(CCCC2C1=S)C3. The molecule has 4 aliphatic rings. The van der Waals surface area contributed by atoms with Crippen LogP contribution in [0.15, 0.2) is 0 Å². The highest BCUT2D eigenvalue weighted by Gasteiger charge is 2.50. The van der Waals surface area contributed by atoms with E-state index in [0.29, 0.717) is 17.3 Å². The Morgan fingerprint density at radius 2 is 1.86 bits per heavy atom. The summed E-state index contributed by atoms with van der Waals surface area (Å²) in [5, 5.41) is 0.535. The lowest BCUT2D eigenvalue weighted by Crippen LogP contribution is -2.49. The van der Waals surface area contributed by atoms with Crippen molar-refractivity contribution in [2.24, 2.45) is 17.8 Å². The van der Waals surface area contributed by atoms with Crippen molar-refractivity contribution >= 4 is 24.5 Å². The fourth-order valence-corrected chi connectivity index (χ4v) is 5.77. The van der Waals surface area contributed by atoms with E-state index in [1.807, 2.05) is 0 Å². The minimum Gasteiger partial charge on any atom is -0.363 e. The monoisotopic (exact) mass is 304 g/mol. The Labute approximate surface area is 137 Å². The van der Waals surface area contributed by atoms with Gasteiger partial charge in [-0.25, -0.2) is 0 Å². The van der Waals surface area contributed by atoms with Gasteiger partial charge in [-0.1, -0.05) is 62.9 Å². The van der Waals surface area contributed by atoms with Crippen LogP contribution in [0.4, 0.5) is 0 Å². The van der Waals surface area contributed by atoms with E-state index in [-0.39, 0.29) is 0 Å². The van der Waals surface area contributed by atoms with Crippen LogP contribution in [0.25, 0.3) is 0 Å². The molecule has 4 rings (SSSR count). The van der Waals surface area contributed by atoms with Gasteiger partial charge in [0.1, 0.15) is 7.28 Å². The molecule has 4 fully saturated rings. The van der Waals surface area contributed by atoms with E-state index in [1.165, 1.54) is 50.1 Å². The van der Waals surface area contributed by atoms with Crippen LogP contribution in [-0.4, -0.2) is 29.8 Å². The first-order valence-corrected chi connectivity index (χ1v) is 9.50. The van der Waals surface area contributed by atoms with Crippen molar-refractivity contribution in [1.29, 1.82) is 0 Å². The second-order valence-electron chi connectivity index (χ2n) is 8.43. The zero-order valence-corrected chi connectivity index (χ0v) is 15.1. The molecule has 21 heavy (non-hydrogen) atoms. The molecule has 3 heteroatoms. The molecule has 1 nitrogen and oxygen atoms in total. The Balaban J connectivity index is 1.80. The van der Waals surface area contributed by atoms with Gasteiger partial charge in [-0.3, -0.25) is 0 Å². The summed E-state index contributed by atoms with van der Waals surface area (Å²) in [6.07, 6.45) is 8.33. The van der Waals surface area contributed by atoms with E-state index >= 15 is 0 Å². The average Bonchev–Trinajstić information content (AvgIpc) is 2.49. The van der Waals surface area contributed by atoms with Crippen molar-refractivity contribution in [1.82, 2.24) is 4.90 Å². The van der Waals surface area contributed by atoms with E-state index in [4.69, 9.17) is 12.2 Å². The van der Waals surface area contributed by atoms with Crippen molar-refractivity contribution < 1.29 is 0 Å². The van der Waals surface area contributed by atoms with Gasteiger partial charge in [0.25, 0.3) is 0 Å². The van der Waals surface area contributed by atoms with Crippen LogP contribution >= 0.6 is 12.2 Å². The second kappa shape index (κ2) is 5.87. The van der Waals surface area contributed by atoms with Crippen molar-refractivity contribution in [3.63, 3.8) is 0 Å². The molecule has 3 saturated heterocycles. The van der Waals surface area contributed by atoms with Crippen LogP contribution in [0.2, 0.25) is 11.1 Å². The van der Waals surface area contributed by atoms with Gasteiger partial charge < -0.3 is 4.90 Å². The molecule has 4 atom stereocenters. The number of thiocarbonyl (C=S) groups is 1. The van der Waals surface area contributed by atoms with E-state index in [1.54, 1.807) is 0 Å². The van der Waals surface area contributed by atoms with Gasteiger partial charge in [0.15, 0.2) is 0 Å². The molecule has 1 radical (unpaired) electrons. The van der Waals surface area contributed by atoms with Crippen molar-refractivity contribution in [3.8, 4) is 0 Å². The largest absolute Gasteiger partial charge is 0.363 e. The number of fused-ring (bicyclic) bond motifs is 2. The van der Waals surface area contributed by atoms with Gasteiger partial charge in [0.2, 0.25) is 0 Å². The summed E-state index contributed by atoms with van der Waals surface area (Å²) in [5.41, 5.74) is 0. The van der Waals surface area contributed by atoms with Crippen LogP contribution in [0, 0.1) is 17.8 Å². The summed E-state index contributed by atoms with van der Waals surface area (Å²) in [7, 11) is 2.73. The number of hydrogen-bond donors (Lipinski definition) is 0. The quantitative estimate of drug-likeness (QED) is 0.525. The lowest BCUT2D eigenvalue weighted by molar-refractivity contribution is 0.180. The van der Waals surface area contributed by atoms with Crippen molar-refractivity contribution in [3.05, 3.63) is 0 Å². The molecule has 3 heterocycles. The fourth-order valence-electron chi connectivity index (χ4n) is 5.16. The summed E-state index contributed by atoms with van der Waals surface area (Å²) in [5.74, 6) is 3.22. The molecular weight excluding hydrogens is 273 g/mol. The van der Waals surface area contributed by atoms with Crippen LogP contribution in [-0.2, 0) is 0 Å². The highest BCUT2D eigenvalue weighted by Crippen LogP contribution is 2.61. The first-order chi connectivity index (χ1) is 9.93. The van der Waals surface area contributed by atoms with Crippen LogP contribution < -0.4 is 0 Å². The zero-order valence-electron chi connectivity index (χ0n) is 14.3. The number of likely N-dealkylation sites (tertiary alicyclic amines) is 1. The molecular formula is C18H31BNS. The van der Waals surface area contributed by atoms with E-state index in [9.17, 15) is 0 Å². The maximum absolute atomic E-state index is 5.92. The zero-order chi connectivity index (χ0) is 15.2. The summed E-state index contributed by atoms with van der Waals surface area (Å²) in [6, 6.07) is 0.574. The molecule has 4 unspecified atom stereocenters. The van der Waals surface area contributed by atoms with Crippen LogP contribution in [0.5, 0.6) is 0 Å². The van der Waals surface area contributed by atoms with Gasteiger partial charge in [-0.15, -0.1) is 0 Å². The van der Waals surface area contributed by atoms with Crippen LogP contribution in [0.3, 0.4) is 0 Å². The highest BCUT2D eigenvalue weighted by molar-refractivity contribution is 7.80. The first-order valence-electron chi connectivity index (χ1n) is 9.09. The molecule has 0 spiro atoms. The molecule has 0 aromatic heterocycles. The Bertz CT molecular complexity index is 400. The molecule has 0 aromatic rings. The fraction of sp³-hybridized carbons (Fsp3) is 0.944. The molecule has 2 bridgehead atoms. The smallest absolute Gasteiger partial charge is 0.122 e. The maximum atomic E-state index is 5.92. The Morgan fingerprint density at radius 3 is 2.48 bits per heavy atom. The summed E-state index contributed by atoms with van der Waals surface area (Å²) < 4.78 is 0. The standard InChI is InChI=1S/C18H31BNS/c1-12(2)18-10-14-8-9-20(13(3)4)17(21)16(14)7-5-6-15(11-18)19-18/h12-16H,5-11H2,1-4H3. The molecule has 0 aromatic carbocycles. The van der Waals surface area contributed by atoms with Crippen molar-refractivity contribution in [2.45, 2.75) is 83.4 Å². The van der Waals surface area contributed by atoms with Gasteiger partial charge in [0.05, 0.1) is 4.99 Å². The van der Waals surface area contributed by atoms with Gasteiger partial charge >= 0.3 is 0 Å². The average molecular weight is 304 g/mol. The minimum absolute atomic E-state index is 0.535. The Kier molecular flexibility index (Phi) is 4.42. The first kappa shape index (κ1) is 15.8. The number of rotatable bonds is 2. The molecule has 117 valence electrons. The summed E-state index contributed by atoms with van der Waals surface area (Å²) in [6.45, 7) is 10.6. The molecule has 1 saturated carbocycles. The van der Waals surface area contributed by atoms with Gasteiger partial charge in [-0.2, -0.15) is 0 Å². The topological polar surface area (TPSA) is 3.24 Å². The van der Waals surface area contributed by atoms with Gasteiger partial charge in [0, 0.05) is 18.5 Å². The Hall–Kier alpha value is -0.0451. The number of piperidine rings is 1. The van der Waals surface area contributed by atoms with E-state index in [0.717, 1.165) is 17.7 Å². The number of nitrogens with zero attached hydrogens (tertiary/aromatic N) is 1. The third-order valence-electron chi connectivity index (χ3n) is 6.63. The third-order valence-corrected chi connectivity index (χ3v) is 7.16. The molecule has 0 N–H and O–H groups in total. The number of hydrogen-bond acceptors (Lipinski definition) is 1. The minimum atomic E-state index is 0.535. The lowest BCUT2D eigenvalue weighted by atomic mass is 9.27. The summed E-state index contributed by atoms with van der Waals surface area (Å²) in [4.78, 5) is 3.80. The molecule has 0 amide bonds. The van der Waals surface area contributed by atoms with Gasteiger partial charge in [-0.05, 0) is 38.5 Å². The lowest BCUT2D eigenvalue weighted by Gasteiger charge is -2.53. The molecule has 1 aliphatic carbocycles. The van der Waals surface area contributed by atoms with Crippen LogP contribution in [0.1, 0.15) is 66.2 Å². The predicted octanol–water partition coefficient (Wildman–Crippen LogP) is 4.95. The Morgan fingerprint density at radius 1 is 1.14 bits per heavy atom. The normalized spacial score (nSPS) is 40.0. The third kappa shape index (κ3) is 2.80. The van der Waals surface area contributed by atoms with E-state index < -0.39 is 0 Å². The highest BCUT2D eigenvalue weighted by atomic mass is 32.1.